The first-order valence-corrected chi connectivity index (χ1v) is 15.2. The molecule has 0 spiro atoms. The molecule has 0 aromatic heterocycles. The topological polar surface area (TPSA) is 75.7 Å². The van der Waals surface area contributed by atoms with E-state index >= 15 is 0 Å². The van der Waals surface area contributed by atoms with Crippen molar-refractivity contribution >= 4 is 23.6 Å². The summed E-state index contributed by atoms with van der Waals surface area (Å²) in [5.74, 6) is 0.599. The van der Waals surface area contributed by atoms with Crippen LogP contribution in [0.25, 0.3) is 5.57 Å². The minimum atomic E-state index is -4.68. The molecule has 5 nitrogen and oxygen atoms in total. The van der Waals surface area contributed by atoms with Crippen molar-refractivity contribution in [3.05, 3.63) is 53.8 Å². The molecule has 2 saturated carbocycles. The van der Waals surface area contributed by atoms with Crippen molar-refractivity contribution < 1.29 is 52.0 Å². The molecular weight excluding hydrogens is 478 g/mol. The van der Waals surface area contributed by atoms with E-state index in [1.807, 2.05) is 30.3 Å². The smallest absolute Gasteiger partial charge is 0.747 e. The van der Waals surface area contributed by atoms with E-state index in [-0.39, 0.29) is 29.6 Å². The molecule has 4 rings (SSSR count). The monoisotopic (exact) mass is 514 g/mol. The summed E-state index contributed by atoms with van der Waals surface area (Å²) in [5.41, 5.74) is 2.37. The maximum Gasteiger partial charge on any atom is 1.00 e. The molecule has 1 aromatic carbocycles. The Morgan fingerprint density at radius 1 is 0.912 bits per heavy atom. The summed E-state index contributed by atoms with van der Waals surface area (Å²) in [6.07, 6.45) is 14.6. The van der Waals surface area contributed by atoms with Gasteiger partial charge in [0.25, 0.3) is 0 Å². The quantitative estimate of drug-likeness (QED) is 0.318. The van der Waals surface area contributed by atoms with Crippen molar-refractivity contribution in [1.29, 1.82) is 0 Å². The van der Waals surface area contributed by atoms with E-state index in [4.69, 9.17) is 9.47 Å². The molecule has 2 fully saturated rings. The number of benzene rings is 1. The number of allylic oxidation sites excluding steroid dienone is 1. The second-order valence-electron chi connectivity index (χ2n) is 9.47. The molecule has 0 heterocycles. The van der Waals surface area contributed by atoms with Gasteiger partial charge in [-0.1, -0.05) is 82.9 Å². The molecule has 0 N–H and O–H groups in total. The molecule has 1 aromatic rings. The van der Waals surface area contributed by atoms with Crippen molar-refractivity contribution in [2.24, 2.45) is 0 Å². The summed E-state index contributed by atoms with van der Waals surface area (Å²) >= 11 is 0. The Morgan fingerprint density at radius 2 is 1.44 bits per heavy atom. The van der Waals surface area contributed by atoms with Gasteiger partial charge in [0.15, 0.2) is 0 Å². The van der Waals surface area contributed by atoms with E-state index < -0.39 is 28.6 Å². The van der Waals surface area contributed by atoms with Crippen LogP contribution in [0, 0.1) is 0 Å². The van der Waals surface area contributed by atoms with Gasteiger partial charge in [0.2, 0.25) is 0 Å². The molecule has 0 aliphatic heterocycles. The van der Waals surface area contributed by atoms with Crippen LogP contribution in [0.2, 0.25) is 0 Å². The number of hydrogen-bond acceptors (Lipinski definition) is 5. The van der Waals surface area contributed by atoms with Gasteiger partial charge >= 0.3 is 29.6 Å². The molecule has 0 saturated heterocycles. The molecule has 0 radical (unpaired) electrons. The number of ether oxygens (including phenoxy) is 2. The molecule has 2 atom stereocenters. The standard InChI is InChI=1S/C26H37O5PS.Na/c1-30-23-18-19-24(33(27,28)29)26(31-2,25(23)20-12-6-3-7-13-20)32(21-14-8-4-9-15-21)22-16-10-5-11-17-22;/h3,6-7,12-13,18-19,21-22,24H,4-5,8-11,14-17H2,1-2H3,(H,27,28,29);/q;+1/p-1. The molecule has 3 aliphatic rings. The summed E-state index contributed by atoms with van der Waals surface area (Å²) in [6, 6.07) is 9.78. The average molecular weight is 515 g/mol. The predicted molar refractivity (Wildman–Crippen MR) is 133 cm³/mol. The maximum atomic E-state index is 12.9. The first-order chi connectivity index (χ1) is 15.9. The minimum absolute atomic E-state index is 0. The fourth-order valence-electron chi connectivity index (χ4n) is 6.28. The van der Waals surface area contributed by atoms with E-state index in [0.717, 1.165) is 62.5 Å². The van der Waals surface area contributed by atoms with Crippen molar-refractivity contribution in [2.75, 3.05) is 14.2 Å². The normalized spacial score (nSPS) is 27.0. The van der Waals surface area contributed by atoms with E-state index in [1.165, 1.54) is 18.9 Å². The van der Waals surface area contributed by atoms with Gasteiger partial charge in [-0.3, -0.25) is 0 Å². The van der Waals surface area contributed by atoms with Crippen LogP contribution in [-0.4, -0.2) is 49.1 Å². The van der Waals surface area contributed by atoms with Crippen LogP contribution in [0.1, 0.15) is 69.8 Å². The fraction of sp³-hybridized carbons (Fsp3) is 0.615. The predicted octanol–water partition coefficient (Wildman–Crippen LogP) is 3.02. The summed E-state index contributed by atoms with van der Waals surface area (Å²) in [5, 5.41) is -2.49. The summed E-state index contributed by atoms with van der Waals surface area (Å²) < 4.78 is 50.9. The molecule has 34 heavy (non-hydrogen) atoms. The first kappa shape index (κ1) is 28.4. The average Bonchev–Trinajstić information content (AvgIpc) is 2.84. The third kappa shape index (κ3) is 5.54. The van der Waals surface area contributed by atoms with Gasteiger partial charge in [-0.2, -0.15) is 0 Å². The Balaban J connectivity index is 0.00000324. The van der Waals surface area contributed by atoms with Gasteiger partial charge in [0.05, 0.1) is 7.11 Å². The van der Waals surface area contributed by atoms with E-state index in [1.54, 1.807) is 20.3 Å². The van der Waals surface area contributed by atoms with Crippen LogP contribution in [0.4, 0.5) is 0 Å². The molecular formula is C26H36NaO5PS. The Hall–Kier alpha value is -0.200. The zero-order valence-electron chi connectivity index (χ0n) is 20.7. The fourth-order valence-corrected chi connectivity index (χ4v) is 12.5. The van der Waals surface area contributed by atoms with Gasteiger partial charge in [-0.25, -0.2) is 8.42 Å². The molecule has 182 valence electrons. The Labute approximate surface area is 228 Å². The third-order valence-electron chi connectivity index (χ3n) is 7.64. The summed E-state index contributed by atoms with van der Waals surface area (Å²) in [7, 11) is -2.45. The van der Waals surface area contributed by atoms with Crippen molar-refractivity contribution in [3.8, 4) is 0 Å². The third-order valence-corrected chi connectivity index (χ3v) is 13.0. The van der Waals surface area contributed by atoms with Crippen molar-refractivity contribution in [3.63, 3.8) is 0 Å². The van der Waals surface area contributed by atoms with E-state index in [0.29, 0.717) is 17.1 Å². The van der Waals surface area contributed by atoms with Crippen LogP contribution in [0.5, 0.6) is 0 Å². The minimum Gasteiger partial charge on any atom is -0.747 e. The van der Waals surface area contributed by atoms with Gasteiger partial charge in [-0.15, -0.1) is 0 Å². The molecule has 2 unspecified atom stereocenters. The number of rotatable bonds is 7. The number of methoxy groups -OCH3 is 2. The summed E-state index contributed by atoms with van der Waals surface area (Å²) in [4.78, 5) is 0. The van der Waals surface area contributed by atoms with Gasteiger partial charge in [0.1, 0.15) is 26.5 Å². The Kier molecular flexibility index (Phi) is 10.3. The largest absolute Gasteiger partial charge is 1.00 e. The summed E-state index contributed by atoms with van der Waals surface area (Å²) in [6.45, 7) is 0. The van der Waals surface area contributed by atoms with Crippen molar-refractivity contribution in [1.82, 2.24) is 0 Å². The Morgan fingerprint density at radius 3 is 1.88 bits per heavy atom. The molecule has 3 aliphatic carbocycles. The van der Waals surface area contributed by atoms with Gasteiger partial charge < -0.3 is 14.0 Å². The second-order valence-corrected chi connectivity index (χ2v) is 13.9. The van der Waals surface area contributed by atoms with Crippen LogP contribution >= 0.6 is 7.92 Å². The number of hydrogen-bond donors (Lipinski definition) is 0. The molecule has 0 bridgehead atoms. The van der Waals surface area contributed by atoms with Gasteiger partial charge in [-0.05, 0) is 48.6 Å². The second kappa shape index (κ2) is 12.4. The zero-order valence-corrected chi connectivity index (χ0v) is 24.5. The van der Waals surface area contributed by atoms with Crippen LogP contribution in [0.15, 0.2) is 48.2 Å². The maximum absolute atomic E-state index is 12.9. The van der Waals surface area contributed by atoms with E-state index in [9.17, 15) is 13.0 Å². The van der Waals surface area contributed by atoms with Crippen molar-refractivity contribution in [2.45, 2.75) is 86.1 Å². The zero-order chi connectivity index (χ0) is 23.5. The van der Waals surface area contributed by atoms with Crippen LogP contribution in [0.3, 0.4) is 0 Å². The first-order valence-electron chi connectivity index (χ1n) is 12.2. The SMILES string of the molecule is COC1=C(c2ccccc2)C(OC)(P(C2CCCCC2)C2CCCCC2)C(S(=O)(=O)[O-])C=C1.[Na+]. The van der Waals surface area contributed by atoms with Crippen LogP contribution < -0.4 is 29.6 Å². The van der Waals surface area contributed by atoms with Gasteiger partial charge in [0, 0.05) is 12.7 Å². The molecule has 8 heteroatoms. The molecule has 0 amide bonds. The van der Waals surface area contributed by atoms with Crippen LogP contribution in [-0.2, 0) is 19.6 Å². The van der Waals surface area contributed by atoms with E-state index in [2.05, 4.69) is 0 Å². The Bertz CT molecular complexity index is 950.